The van der Waals surface area contributed by atoms with E-state index in [1.54, 1.807) is 0 Å². The van der Waals surface area contributed by atoms with Crippen molar-refractivity contribution in [3.63, 3.8) is 0 Å². The summed E-state index contributed by atoms with van der Waals surface area (Å²) in [5.41, 5.74) is 0. The summed E-state index contributed by atoms with van der Waals surface area (Å²) in [7, 11) is 3.38. The second-order valence-electron chi connectivity index (χ2n) is 5.68. The molecule has 2 rings (SSSR count). The fraction of sp³-hybridized carbons (Fsp3) is 0.857. The minimum Gasteiger partial charge on any atom is -0.469 e. The third-order valence-corrected chi connectivity index (χ3v) is 4.32. The molecule has 102 valence electrons. The first-order valence-electron chi connectivity index (χ1n) is 6.95. The average molecular weight is 253 g/mol. The number of carbonyl (C=O) groups excluding carboxylic acids is 2. The van der Waals surface area contributed by atoms with Gasteiger partial charge in [0.25, 0.3) is 0 Å². The number of carbonyl (C=O) groups is 2. The molecule has 4 nitrogen and oxygen atoms in total. The standard InChI is InChI=1S/C14H23NO3/c1-15(14(17)11-5-6-11)12-7-3-10(4-8-12)9-13(16)18-2/h10-12H,3-9H2,1-2H3. The maximum Gasteiger partial charge on any atom is 0.305 e. The molecule has 0 spiro atoms. The molecule has 0 radical (unpaired) electrons. The largest absolute Gasteiger partial charge is 0.469 e. The second kappa shape index (κ2) is 5.72. The van der Waals surface area contributed by atoms with Crippen molar-refractivity contribution in [3.05, 3.63) is 0 Å². The molecule has 2 fully saturated rings. The Kier molecular flexibility index (Phi) is 4.25. The SMILES string of the molecule is COC(=O)CC1CCC(N(C)C(=O)C2CC2)CC1. The Balaban J connectivity index is 1.75. The lowest BCUT2D eigenvalue weighted by atomic mass is 9.83. The molecule has 0 aromatic carbocycles. The zero-order valence-electron chi connectivity index (χ0n) is 11.4. The summed E-state index contributed by atoms with van der Waals surface area (Å²) < 4.78 is 4.70. The van der Waals surface area contributed by atoms with Crippen LogP contribution in [-0.2, 0) is 14.3 Å². The van der Waals surface area contributed by atoms with Gasteiger partial charge in [0, 0.05) is 25.4 Å². The molecule has 0 bridgehead atoms. The molecule has 0 N–H and O–H groups in total. The van der Waals surface area contributed by atoms with Gasteiger partial charge in [-0.15, -0.1) is 0 Å². The number of rotatable bonds is 4. The molecule has 2 aliphatic rings. The van der Waals surface area contributed by atoms with E-state index in [4.69, 9.17) is 4.74 Å². The summed E-state index contributed by atoms with van der Waals surface area (Å²) in [4.78, 5) is 25.1. The Bertz CT molecular complexity index is 317. The summed E-state index contributed by atoms with van der Waals surface area (Å²) in [5.74, 6) is 0.966. The van der Waals surface area contributed by atoms with E-state index < -0.39 is 0 Å². The first kappa shape index (κ1) is 13.4. The van der Waals surface area contributed by atoms with Gasteiger partial charge in [-0.05, 0) is 44.4 Å². The van der Waals surface area contributed by atoms with Crippen molar-refractivity contribution in [2.75, 3.05) is 14.2 Å². The molecule has 0 heterocycles. The lowest BCUT2D eigenvalue weighted by Gasteiger charge is -2.34. The van der Waals surface area contributed by atoms with Gasteiger partial charge in [0.05, 0.1) is 7.11 Å². The van der Waals surface area contributed by atoms with Crippen molar-refractivity contribution in [3.8, 4) is 0 Å². The molecular weight excluding hydrogens is 230 g/mol. The Morgan fingerprint density at radius 3 is 2.22 bits per heavy atom. The van der Waals surface area contributed by atoms with E-state index in [0.29, 0.717) is 30.2 Å². The Morgan fingerprint density at radius 1 is 1.11 bits per heavy atom. The number of esters is 1. The second-order valence-corrected chi connectivity index (χ2v) is 5.68. The molecule has 0 atom stereocenters. The van der Waals surface area contributed by atoms with Gasteiger partial charge in [0.1, 0.15) is 0 Å². The molecule has 0 saturated heterocycles. The van der Waals surface area contributed by atoms with Crippen LogP contribution in [0, 0.1) is 11.8 Å². The number of ether oxygens (including phenoxy) is 1. The van der Waals surface area contributed by atoms with Crippen LogP contribution < -0.4 is 0 Å². The van der Waals surface area contributed by atoms with Gasteiger partial charge in [-0.1, -0.05) is 0 Å². The first-order chi connectivity index (χ1) is 8.61. The van der Waals surface area contributed by atoms with Crippen molar-refractivity contribution in [1.82, 2.24) is 4.90 Å². The van der Waals surface area contributed by atoms with E-state index in [0.717, 1.165) is 38.5 Å². The van der Waals surface area contributed by atoms with E-state index >= 15 is 0 Å². The van der Waals surface area contributed by atoms with E-state index in [9.17, 15) is 9.59 Å². The smallest absolute Gasteiger partial charge is 0.305 e. The van der Waals surface area contributed by atoms with Gasteiger partial charge < -0.3 is 9.64 Å². The van der Waals surface area contributed by atoms with Crippen molar-refractivity contribution >= 4 is 11.9 Å². The van der Waals surface area contributed by atoms with Crippen LogP contribution in [-0.4, -0.2) is 37.0 Å². The van der Waals surface area contributed by atoms with Crippen LogP contribution in [0.5, 0.6) is 0 Å². The average Bonchev–Trinajstić information content (AvgIpc) is 3.22. The third kappa shape index (κ3) is 3.24. The van der Waals surface area contributed by atoms with Gasteiger partial charge in [-0.25, -0.2) is 0 Å². The highest BCUT2D eigenvalue weighted by molar-refractivity contribution is 5.81. The zero-order valence-corrected chi connectivity index (χ0v) is 11.4. The van der Waals surface area contributed by atoms with Gasteiger partial charge in [0.2, 0.25) is 5.91 Å². The van der Waals surface area contributed by atoms with Crippen LogP contribution in [0.3, 0.4) is 0 Å². The van der Waals surface area contributed by atoms with E-state index in [-0.39, 0.29) is 5.97 Å². The highest BCUT2D eigenvalue weighted by Gasteiger charge is 2.35. The summed E-state index contributed by atoms with van der Waals surface area (Å²) in [5, 5.41) is 0. The minimum absolute atomic E-state index is 0.110. The van der Waals surface area contributed by atoms with Crippen LogP contribution in [0.1, 0.15) is 44.9 Å². The van der Waals surface area contributed by atoms with Gasteiger partial charge in [-0.3, -0.25) is 9.59 Å². The fourth-order valence-corrected chi connectivity index (χ4v) is 2.85. The monoisotopic (exact) mass is 253 g/mol. The van der Waals surface area contributed by atoms with Crippen LogP contribution in [0.25, 0.3) is 0 Å². The Labute approximate surface area is 109 Å². The van der Waals surface area contributed by atoms with Gasteiger partial charge >= 0.3 is 5.97 Å². The lowest BCUT2D eigenvalue weighted by molar-refractivity contribution is -0.142. The molecule has 0 aliphatic heterocycles. The normalized spacial score (nSPS) is 27.7. The fourth-order valence-electron chi connectivity index (χ4n) is 2.85. The lowest BCUT2D eigenvalue weighted by Crippen LogP contribution is -2.40. The van der Waals surface area contributed by atoms with Gasteiger partial charge in [-0.2, -0.15) is 0 Å². The first-order valence-corrected chi connectivity index (χ1v) is 6.95. The van der Waals surface area contributed by atoms with Crippen molar-refractivity contribution in [2.24, 2.45) is 11.8 Å². The Morgan fingerprint density at radius 2 is 1.72 bits per heavy atom. The predicted octanol–water partition coefficient (Wildman–Crippen LogP) is 1.98. The topological polar surface area (TPSA) is 46.6 Å². The van der Waals surface area contributed by atoms with Crippen LogP contribution >= 0.6 is 0 Å². The molecular formula is C14H23NO3. The van der Waals surface area contributed by atoms with Crippen molar-refractivity contribution < 1.29 is 14.3 Å². The van der Waals surface area contributed by atoms with Crippen molar-refractivity contribution in [1.29, 1.82) is 0 Å². The summed E-state index contributed by atoms with van der Waals surface area (Å²) >= 11 is 0. The van der Waals surface area contributed by atoms with Gasteiger partial charge in [0.15, 0.2) is 0 Å². The molecule has 0 aromatic rings. The van der Waals surface area contributed by atoms with Crippen molar-refractivity contribution in [2.45, 2.75) is 51.0 Å². The molecule has 0 unspecified atom stereocenters. The molecule has 18 heavy (non-hydrogen) atoms. The van der Waals surface area contributed by atoms with Crippen LogP contribution in [0.4, 0.5) is 0 Å². The number of hydrogen-bond donors (Lipinski definition) is 0. The van der Waals surface area contributed by atoms with Crippen LogP contribution in [0.15, 0.2) is 0 Å². The zero-order chi connectivity index (χ0) is 13.1. The number of amides is 1. The quantitative estimate of drug-likeness (QED) is 0.720. The number of hydrogen-bond acceptors (Lipinski definition) is 3. The molecule has 1 amide bonds. The van der Waals surface area contributed by atoms with E-state index in [1.807, 2.05) is 11.9 Å². The molecule has 2 saturated carbocycles. The summed E-state index contributed by atoms with van der Waals surface area (Å²) in [6, 6.07) is 0.381. The third-order valence-electron chi connectivity index (χ3n) is 4.32. The maximum atomic E-state index is 12.0. The highest BCUT2D eigenvalue weighted by Crippen LogP contribution is 2.34. The molecule has 0 aromatic heterocycles. The maximum absolute atomic E-state index is 12.0. The van der Waals surface area contributed by atoms with E-state index in [1.165, 1.54) is 7.11 Å². The van der Waals surface area contributed by atoms with Crippen LogP contribution in [0.2, 0.25) is 0 Å². The number of nitrogens with zero attached hydrogens (tertiary/aromatic N) is 1. The Hall–Kier alpha value is -1.06. The summed E-state index contributed by atoms with van der Waals surface area (Å²) in [6.07, 6.45) is 6.78. The molecule has 4 heteroatoms. The minimum atomic E-state index is -0.110. The van der Waals surface area contributed by atoms with E-state index in [2.05, 4.69) is 0 Å². The highest BCUT2D eigenvalue weighted by atomic mass is 16.5. The number of methoxy groups -OCH3 is 1. The molecule has 2 aliphatic carbocycles. The predicted molar refractivity (Wildman–Crippen MR) is 67.9 cm³/mol. The summed E-state index contributed by atoms with van der Waals surface area (Å²) in [6.45, 7) is 0.